The smallest absolute Gasteiger partial charge is 0.115 e. The quantitative estimate of drug-likeness (QED) is 0.738. The summed E-state index contributed by atoms with van der Waals surface area (Å²) in [4.78, 5) is 0. The zero-order valence-electron chi connectivity index (χ0n) is 7.07. The van der Waals surface area contributed by atoms with Crippen LogP contribution in [0.5, 0.6) is 5.75 Å². The van der Waals surface area contributed by atoms with E-state index in [1.165, 1.54) is 0 Å². The average molecular weight is 293 g/mol. The molecule has 4 heteroatoms. The highest BCUT2D eigenvalue weighted by molar-refractivity contribution is 14.1. The number of rotatable bonds is 3. The lowest BCUT2D eigenvalue weighted by molar-refractivity contribution is 0.276. The van der Waals surface area contributed by atoms with Crippen LogP contribution < -0.4 is 5.73 Å². The van der Waals surface area contributed by atoms with E-state index in [0.717, 1.165) is 9.13 Å². The van der Waals surface area contributed by atoms with Gasteiger partial charge in [0.05, 0.1) is 0 Å². The Hall–Kier alpha value is -0.330. The third-order valence-electron chi connectivity index (χ3n) is 1.82. The summed E-state index contributed by atoms with van der Waals surface area (Å²) in [6.07, 6.45) is 0.513. The van der Waals surface area contributed by atoms with E-state index in [1.54, 1.807) is 12.1 Å². The SMILES string of the molecule is N[C@@H](CCO)c1cc(O)ccc1I. The van der Waals surface area contributed by atoms with E-state index < -0.39 is 0 Å². The molecule has 0 spiro atoms. The first-order valence-electron chi connectivity index (χ1n) is 4.00. The second-order valence-electron chi connectivity index (χ2n) is 2.82. The molecule has 0 amide bonds. The van der Waals surface area contributed by atoms with Crippen LogP contribution in [0.2, 0.25) is 0 Å². The summed E-state index contributed by atoms with van der Waals surface area (Å²) in [5, 5.41) is 17.9. The summed E-state index contributed by atoms with van der Waals surface area (Å²) >= 11 is 2.16. The van der Waals surface area contributed by atoms with E-state index >= 15 is 0 Å². The lowest BCUT2D eigenvalue weighted by Crippen LogP contribution is -2.13. The van der Waals surface area contributed by atoms with Gasteiger partial charge in [-0.1, -0.05) is 0 Å². The van der Waals surface area contributed by atoms with E-state index in [2.05, 4.69) is 22.6 Å². The highest BCUT2D eigenvalue weighted by Gasteiger charge is 2.09. The predicted octanol–water partition coefficient (Wildman–Crippen LogP) is 1.38. The van der Waals surface area contributed by atoms with Crippen LogP contribution in [-0.4, -0.2) is 16.8 Å². The minimum atomic E-state index is -0.205. The maximum Gasteiger partial charge on any atom is 0.115 e. The second kappa shape index (κ2) is 4.78. The number of phenolic OH excluding ortho intramolecular Hbond substituents is 1. The third kappa shape index (κ3) is 2.82. The zero-order chi connectivity index (χ0) is 9.84. The van der Waals surface area contributed by atoms with E-state index in [0.29, 0.717) is 6.42 Å². The fourth-order valence-electron chi connectivity index (χ4n) is 1.11. The standard InChI is InChI=1S/C9H12INO2/c10-8-2-1-6(13)5-7(8)9(11)3-4-12/h1-2,5,9,12-13H,3-4,11H2/t9-/m0/s1. The minimum absolute atomic E-state index is 0.0624. The lowest BCUT2D eigenvalue weighted by atomic mass is 10.1. The second-order valence-corrected chi connectivity index (χ2v) is 3.99. The van der Waals surface area contributed by atoms with Crippen molar-refractivity contribution in [2.75, 3.05) is 6.61 Å². The molecule has 1 rings (SSSR count). The van der Waals surface area contributed by atoms with Crippen LogP contribution in [0, 0.1) is 3.57 Å². The van der Waals surface area contributed by atoms with Gasteiger partial charge in [-0.25, -0.2) is 0 Å². The molecule has 0 aliphatic rings. The number of hydrogen-bond acceptors (Lipinski definition) is 3. The summed E-state index contributed by atoms with van der Waals surface area (Å²) < 4.78 is 1.01. The van der Waals surface area contributed by atoms with Gasteiger partial charge in [0.15, 0.2) is 0 Å². The van der Waals surface area contributed by atoms with Crippen molar-refractivity contribution in [3.05, 3.63) is 27.3 Å². The molecule has 0 aliphatic heterocycles. The number of hydrogen-bond donors (Lipinski definition) is 3. The van der Waals surface area contributed by atoms with Crippen LogP contribution in [0.3, 0.4) is 0 Å². The van der Waals surface area contributed by atoms with Gasteiger partial charge in [0.2, 0.25) is 0 Å². The first kappa shape index (κ1) is 10.7. The monoisotopic (exact) mass is 293 g/mol. The van der Waals surface area contributed by atoms with Crippen LogP contribution in [0.25, 0.3) is 0 Å². The average Bonchev–Trinajstić information content (AvgIpc) is 2.09. The summed E-state index contributed by atoms with van der Waals surface area (Å²) in [5.41, 5.74) is 6.68. The van der Waals surface area contributed by atoms with Gasteiger partial charge in [0, 0.05) is 16.2 Å². The summed E-state index contributed by atoms with van der Waals surface area (Å²) in [6, 6.07) is 4.87. The molecule has 0 unspecified atom stereocenters. The number of aliphatic hydroxyl groups is 1. The number of benzene rings is 1. The molecule has 0 saturated heterocycles. The van der Waals surface area contributed by atoms with Gasteiger partial charge in [-0.2, -0.15) is 0 Å². The van der Waals surface area contributed by atoms with Gasteiger partial charge in [-0.15, -0.1) is 0 Å². The fraction of sp³-hybridized carbons (Fsp3) is 0.333. The van der Waals surface area contributed by atoms with Crippen LogP contribution in [0.4, 0.5) is 0 Å². The van der Waals surface area contributed by atoms with Gasteiger partial charge in [-0.3, -0.25) is 0 Å². The summed E-state index contributed by atoms with van der Waals surface area (Å²) in [7, 11) is 0. The van der Waals surface area contributed by atoms with Crippen molar-refractivity contribution >= 4 is 22.6 Å². The molecule has 13 heavy (non-hydrogen) atoms. The largest absolute Gasteiger partial charge is 0.508 e. The maximum atomic E-state index is 9.23. The van der Waals surface area contributed by atoms with Gasteiger partial charge < -0.3 is 15.9 Å². The molecule has 72 valence electrons. The first-order chi connectivity index (χ1) is 6.15. The van der Waals surface area contributed by atoms with Crippen LogP contribution in [0.1, 0.15) is 18.0 Å². The van der Waals surface area contributed by atoms with E-state index in [4.69, 9.17) is 10.8 Å². The number of aliphatic hydroxyl groups excluding tert-OH is 1. The Morgan fingerprint density at radius 3 is 2.77 bits per heavy atom. The Morgan fingerprint density at radius 2 is 2.15 bits per heavy atom. The molecule has 0 saturated carbocycles. The van der Waals surface area contributed by atoms with E-state index in [1.807, 2.05) is 6.07 Å². The molecule has 0 aromatic heterocycles. The van der Waals surface area contributed by atoms with Crippen LogP contribution >= 0.6 is 22.6 Å². The summed E-state index contributed by atoms with van der Waals surface area (Å²) in [6.45, 7) is 0.0624. The normalized spacial score (nSPS) is 12.8. The molecular formula is C9H12INO2. The Balaban J connectivity index is 2.91. The Labute approximate surface area is 90.7 Å². The van der Waals surface area contributed by atoms with Gasteiger partial charge in [0.25, 0.3) is 0 Å². The maximum absolute atomic E-state index is 9.23. The van der Waals surface area contributed by atoms with E-state index in [9.17, 15) is 5.11 Å². The fourth-order valence-corrected chi connectivity index (χ4v) is 1.85. The van der Waals surface area contributed by atoms with Gasteiger partial charge in [0.1, 0.15) is 5.75 Å². The number of phenols is 1. The molecule has 4 N–H and O–H groups in total. The molecule has 1 atom stereocenters. The highest BCUT2D eigenvalue weighted by Crippen LogP contribution is 2.24. The van der Waals surface area contributed by atoms with Crippen molar-refractivity contribution < 1.29 is 10.2 Å². The van der Waals surface area contributed by atoms with Gasteiger partial charge >= 0.3 is 0 Å². The predicted molar refractivity (Wildman–Crippen MR) is 59.5 cm³/mol. The third-order valence-corrected chi connectivity index (χ3v) is 2.80. The number of halogens is 1. The molecule has 3 nitrogen and oxygen atoms in total. The van der Waals surface area contributed by atoms with Crippen molar-refractivity contribution in [1.29, 1.82) is 0 Å². The topological polar surface area (TPSA) is 66.5 Å². The lowest BCUT2D eigenvalue weighted by Gasteiger charge is -2.12. The van der Waals surface area contributed by atoms with Crippen molar-refractivity contribution in [2.24, 2.45) is 5.73 Å². The Bertz CT molecular complexity index is 291. The molecule has 0 fully saturated rings. The minimum Gasteiger partial charge on any atom is -0.508 e. The van der Waals surface area contributed by atoms with E-state index in [-0.39, 0.29) is 18.4 Å². The molecule has 0 bridgehead atoms. The molecule has 0 aliphatic carbocycles. The molecule has 1 aromatic rings. The van der Waals surface area contributed by atoms with Crippen LogP contribution in [0.15, 0.2) is 18.2 Å². The van der Waals surface area contributed by atoms with Crippen molar-refractivity contribution in [1.82, 2.24) is 0 Å². The first-order valence-corrected chi connectivity index (χ1v) is 5.08. The van der Waals surface area contributed by atoms with Crippen LogP contribution in [-0.2, 0) is 0 Å². The number of nitrogens with two attached hydrogens (primary N) is 1. The zero-order valence-corrected chi connectivity index (χ0v) is 9.23. The van der Waals surface area contributed by atoms with Crippen molar-refractivity contribution in [2.45, 2.75) is 12.5 Å². The summed E-state index contributed by atoms with van der Waals surface area (Å²) in [5.74, 6) is 0.212. The Kier molecular flexibility index (Phi) is 3.95. The van der Waals surface area contributed by atoms with Crippen molar-refractivity contribution in [3.63, 3.8) is 0 Å². The highest BCUT2D eigenvalue weighted by atomic mass is 127. The number of aromatic hydroxyl groups is 1. The molecular weight excluding hydrogens is 281 g/mol. The Morgan fingerprint density at radius 1 is 1.46 bits per heavy atom. The van der Waals surface area contributed by atoms with Gasteiger partial charge in [-0.05, 0) is 52.8 Å². The molecule has 0 radical (unpaired) electrons. The molecule has 1 aromatic carbocycles. The van der Waals surface area contributed by atoms with Crippen molar-refractivity contribution in [3.8, 4) is 5.75 Å². The molecule has 0 heterocycles.